The average molecular weight is 85.9 g/mol. The van der Waals surface area contributed by atoms with Crippen LogP contribution in [-0.2, 0) is 4.74 Å². The molecule has 0 saturated carbocycles. The second kappa shape index (κ2) is 3.19. The van der Waals surface area contributed by atoms with E-state index in [0.29, 0.717) is 6.61 Å². The molecule has 0 amide bonds. The normalized spacial score (nSPS) is 14.3. The van der Waals surface area contributed by atoms with Gasteiger partial charge in [-0.1, -0.05) is 0 Å². The largest absolute Gasteiger partial charge is 0.377 e. The van der Waals surface area contributed by atoms with Crippen molar-refractivity contribution in [3.63, 3.8) is 0 Å². The Balaban J connectivity index is 2.63. The van der Waals surface area contributed by atoms with Gasteiger partial charge >= 0.3 is 0 Å². The number of hydrogen-bond donors (Lipinski definition) is 1. The third kappa shape index (κ3) is 3.98. The maximum absolute atomic E-state index is 8.11. The quantitative estimate of drug-likeness (QED) is 0.361. The highest BCUT2D eigenvalue weighted by molar-refractivity contribution is 6.09. The lowest BCUT2D eigenvalue weighted by molar-refractivity contribution is -0.0330. The predicted octanol–water partition coefficient (Wildman–Crippen LogP) is -0.533. The third-order valence-corrected chi connectivity index (χ3v) is 0.337. The SMILES string of the molecule is [B]C(O)OCC. The van der Waals surface area contributed by atoms with Crippen molar-refractivity contribution in [2.24, 2.45) is 0 Å². The molecule has 0 fully saturated rings. The molecular formula is C3H7BO2. The van der Waals surface area contributed by atoms with Gasteiger partial charge in [-0.15, -0.1) is 0 Å². The van der Waals surface area contributed by atoms with Crippen molar-refractivity contribution < 1.29 is 9.84 Å². The van der Waals surface area contributed by atoms with E-state index in [1.54, 1.807) is 6.92 Å². The van der Waals surface area contributed by atoms with Crippen LogP contribution in [-0.4, -0.2) is 25.7 Å². The second-order valence-corrected chi connectivity index (χ2v) is 0.846. The van der Waals surface area contributed by atoms with Crippen LogP contribution < -0.4 is 0 Å². The van der Waals surface area contributed by atoms with E-state index in [1.807, 2.05) is 0 Å². The summed E-state index contributed by atoms with van der Waals surface area (Å²) in [5, 5.41) is 8.11. The van der Waals surface area contributed by atoms with Gasteiger partial charge in [-0.2, -0.15) is 0 Å². The summed E-state index contributed by atoms with van der Waals surface area (Å²) < 4.78 is 4.38. The van der Waals surface area contributed by atoms with Crippen molar-refractivity contribution in [2.75, 3.05) is 6.61 Å². The van der Waals surface area contributed by atoms with Crippen LogP contribution in [0.4, 0.5) is 0 Å². The second-order valence-electron chi connectivity index (χ2n) is 0.846. The lowest BCUT2D eigenvalue weighted by Gasteiger charge is -2.00. The van der Waals surface area contributed by atoms with Crippen molar-refractivity contribution in [3.05, 3.63) is 0 Å². The lowest BCUT2D eigenvalue weighted by atomic mass is 10.1. The van der Waals surface area contributed by atoms with Gasteiger partial charge in [0.1, 0.15) is 14.0 Å². The fourth-order valence-electron chi connectivity index (χ4n) is 0.171. The molecule has 0 aromatic heterocycles. The highest BCUT2D eigenvalue weighted by atomic mass is 16.6. The van der Waals surface area contributed by atoms with E-state index >= 15 is 0 Å². The highest BCUT2D eigenvalue weighted by Gasteiger charge is 1.85. The van der Waals surface area contributed by atoms with Gasteiger partial charge in [0.05, 0.1) is 0 Å². The van der Waals surface area contributed by atoms with Crippen molar-refractivity contribution in [1.29, 1.82) is 0 Å². The summed E-state index contributed by atoms with van der Waals surface area (Å²) in [4.78, 5) is 0. The van der Waals surface area contributed by atoms with E-state index in [-0.39, 0.29) is 0 Å². The van der Waals surface area contributed by atoms with E-state index in [0.717, 1.165) is 0 Å². The van der Waals surface area contributed by atoms with Gasteiger partial charge in [0.2, 0.25) is 0 Å². The molecular weight excluding hydrogens is 78.8 g/mol. The van der Waals surface area contributed by atoms with Crippen molar-refractivity contribution in [3.8, 4) is 0 Å². The van der Waals surface area contributed by atoms with E-state index in [2.05, 4.69) is 4.74 Å². The monoisotopic (exact) mass is 86.1 g/mol. The Morgan fingerprint density at radius 2 is 2.50 bits per heavy atom. The first-order valence-corrected chi connectivity index (χ1v) is 1.82. The molecule has 1 atom stereocenters. The summed E-state index contributed by atoms with van der Waals surface area (Å²) in [6, 6.07) is 0. The van der Waals surface area contributed by atoms with Crippen LogP contribution in [0.2, 0.25) is 0 Å². The molecule has 0 aromatic rings. The topological polar surface area (TPSA) is 29.5 Å². The minimum absolute atomic E-state index is 0.456. The van der Waals surface area contributed by atoms with Crippen LogP contribution >= 0.6 is 0 Å². The van der Waals surface area contributed by atoms with Crippen LogP contribution in [0.25, 0.3) is 0 Å². The Hall–Kier alpha value is -0.0151. The molecule has 6 heavy (non-hydrogen) atoms. The maximum Gasteiger partial charge on any atom is 0.148 e. The van der Waals surface area contributed by atoms with Gasteiger partial charge in [-0.3, -0.25) is 0 Å². The molecule has 3 heteroatoms. The van der Waals surface area contributed by atoms with Crippen LogP contribution in [0.3, 0.4) is 0 Å². The zero-order valence-corrected chi connectivity index (χ0v) is 3.72. The summed E-state index contributed by atoms with van der Waals surface area (Å²) >= 11 is 0. The van der Waals surface area contributed by atoms with E-state index in [9.17, 15) is 0 Å². The Kier molecular flexibility index (Phi) is 3.18. The van der Waals surface area contributed by atoms with Gasteiger partial charge in [0, 0.05) is 6.61 Å². The lowest BCUT2D eigenvalue weighted by Crippen LogP contribution is -2.09. The number of aliphatic hydroxyl groups is 1. The van der Waals surface area contributed by atoms with Gasteiger partial charge in [-0.25, -0.2) is 0 Å². The third-order valence-electron chi connectivity index (χ3n) is 0.337. The number of aliphatic hydroxyl groups excluding tert-OH is 1. The molecule has 0 spiro atoms. The molecule has 0 saturated heterocycles. The van der Waals surface area contributed by atoms with Gasteiger partial charge in [0.15, 0.2) is 0 Å². The summed E-state index contributed by atoms with van der Waals surface area (Å²) in [6.45, 7) is 2.22. The molecule has 0 bridgehead atoms. The molecule has 2 radical (unpaired) electrons. The van der Waals surface area contributed by atoms with Gasteiger partial charge in [0.25, 0.3) is 0 Å². The molecule has 0 aliphatic rings. The summed E-state index contributed by atoms with van der Waals surface area (Å²) in [7, 11) is 4.74. The molecule has 0 aromatic carbocycles. The predicted molar refractivity (Wildman–Crippen MR) is 23.4 cm³/mol. The molecule has 34 valence electrons. The number of ether oxygens (including phenoxy) is 1. The van der Waals surface area contributed by atoms with Crippen molar-refractivity contribution in [1.82, 2.24) is 0 Å². The highest BCUT2D eigenvalue weighted by Crippen LogP contribution is 1.73. The first-order valence-electron chi connectivity index (χ1n) is 1.82. The molecule has 0 heterocycles. The Morgan fingerprint density at radius 1 is 2.00 bits per heavy atom. The zero-order valence-electron chi connectivity index (χ0n) is 3.72. The van der Waals surface area contributed by atoms with E-state index < -0.39 is 6.19 Å². The summed E-state index contributed by atoms with van der Waals surface area (Å²) in [5.74, 6) is 0. The molecule has 0 rings (SSSR count). The molecule has 0 aliphatic carbocycles. The number of rotatable bonds is 2. The average Bonchev–Trinajstić information content (AvgIpc) is 1.35. The minimum atomic E-state index is -1.10. The van der Waals surface area contributed by atoms with Crippen LogP contribution in [0, 0.1) is 0 Å². The smallest absolute Gasteiger partial charge is 0.148 e. The molecule has 2 nitrogen and oxygen atoms in total. The zero-order chi connectivity index (χ0) is 4.99. The van der Waals surface area contributed by atoms with Gasteiger partial charge in [-0.05, 0) is 6.92 Å². The molecule has 0 aliphatic heterocycles. The Bertz CT molecular complexity index is 30.0. The summed E-state index contributed by atoms with van der Waals surface area (Å²) in [5.41, 5.74) is 0. The fraction of sp³-hybridized carbons (Fsp3) is 1.00. The van der Waals surface area contributed by atoms with Crippen LogP contribution in [0.1, 0.15) is 6.92 Å². The molecule has 1 N–H and O–H groups in total. The van der Waals surface area contributed by atoms with Crippen LogP contribution in [0.5, 0.6) is 0 Å². The minimum Gasteiger partial charge on any atom is -0.377 e. The first kappa shape index (κ1) is 5.98. The van der Waals surface area contributed by atoms with Crippen LogP contribution in [0.15, 0.2) is 0 Å². The van der Waals surface area contributed by atoms with Crippen molar-refractivity contribution in [2.45, 2.75) is 13.1 Å². The van der Waals surface area contributed by atoms with Gasteiger partial charge < -0.3 is 9.84 Å². The maximum atomic E-state index is 8.11. The Morgan fingerprint density at radius 3 is 2.50 bits per heavy atom. The first-order chi connectivity index (χ1) is 2.77. The number of hydrogen-bond acceptors (Lipinski definition) is 2. The standard InChI is InChI=1S/C3H7BO2/c1-2-6-3(4)5/h3,5H,2H2,1H3. The van der Waals surface area contributed by atoms with E-state index in [1.165, 1.54) is 0 Å². The van der Waals surface area contributed by atoms with E-state index in [4.69, 9.17) is 13.0 Å². The Labute approximate surface area is 38.5 Å². The summed E-state index contributed by atoms with van der Waals surface area (Å²) in [6.07, 6.45) is -1.10. The van der Waals surface area contributed by atoms with Crippen molar-refractivity contribution >= 4 is 7.85 Å². The fourth-order valence-corrected chi connectivity index (χ4v) is 0.171. The molecule has 1 unspecified atom stereocenters.